The van der Waals surface area contributed by atoms with Gasteiger partial charge in [0.1, 0.15) is 5.75 Å². The lowest BCUT2D eigenvalue weighted by atomic mass is 10.1. The lowest BCUT2D eigenvalue weighted by Crippen LogP contribution is -1.74. The Kier molecular flexibility index (Phi) is 1.93. The lowest BCUT2D eigenvalue weighted by Gasteiger charge is -1.94. The summed E-state index contributed by atoms with van der Waals surface area (Å²) in [7, 11) is 0. The number of aromatic amines is 1. The normalized spacial score (nSPS) is 10.8. The molecular formula is C14H11NO. The molecule has 16 heavy (non-hydrogen) atoms. The fraction of sp³-hybridized carbons (Fsp3) is 0. The second kappa shape index (κ2) is 3.42. The van der Waals surface area contributed by atoms with E-state index in [1.54, 1.807) is 6.07 Å². The summed E-state index contributed by atoms with van der Waals surface area (Å²) >= 11 is 0. The van der Waals surface area contributed by atoms with Crippen molar-refractivity contribution >= 4 is 10.9 Å². The van der Waals surface area contributed by atoms with Gasteiger partial charge in [-0.25, -0.2) is 0 Å². The van der Waals surface area contributed by atoms with Crippen molar-refractivity contribution in [3.8, 4) is 17.0 Å². The number of H-pyrrole nitrogens is 1. The van der Waals surface area contributed by atoms with Crippen LogP contribution in [0.25, 0.3) is 22.2 Å². The van der Waals surface area contributed by atoms with Crippen LogP contribution in [0.4, 0.5) is 0 Å². The molecule has 2 aromatic carbocycles. The predicted octanol–water partition coefficient (Wildman–Crippen LogP) is 3.54. The first kappa shape index (κ1) is 9.04. The molecule has 2 heteroatoms. The van der Waals surface area contributed by atoms with Gasteiger partial charge in [0.15, 0.2) is 0 Å². The van der Waals surface area contributed by atoms with Gasteiger partial charge < -0.3 is 10.1 Å². The Hall–Kier alpha value is -2.22. The van der Waals surface area contributed by atoms with Gasteiger partial charge in [0.05, 0.1) is 0 Å². The van der Waals surface area contributed by atoms with Crippen LogP contribution in [0.3, 0.4) is 0 Å². The molecule has 1 aromatic heterocycles. The van der Waals surface area contributed by atoms with Gasteiger partial charge in [-0.2, -0.15) is 0 Å². The number of aromatic nitrogens is 1. The summed E-state index contributed by atoms with van der Waals surface area (Å²) in [6.07, 6.45) is 0. The molecule has 1 heterocycles. The zero-order valence-electron chi connectivity index (χ0n) is 8.64. The minimum atomic E-state index is 0.316. The molecule has 0 saturated carbocycles. The molecule has 0 saturated heterocycles. The highest BCUT2D eigenvalue weighted by Crippen LogP contribution is 2.29. The number of aromatic hydroxyl groups is 1. The molecule has 2 nitrogen and oxygen atoms in total. The van der Waals surface area contributed by atoms with Crippen LogP contribution in [0, 0.1) is 0 Å². The Morgan fingerprint density at radius 2 is 1.69 bits per heavy atom. The summed E-state index contributed by atoms with van der Waals surface area (Å²) in [4.78, 5) is 3.29. The van der Waals surface area contributed by atoms with Crippen molar-refractivity contribution in [1.82, 2.24) is 4.98 Å². The highest BCUT2D eigenvalue weighted by molar-refractivity contribution is 5.90. The fourth-order valence-corrected chi connectivity index (χ4v) is 1.91. The van der Waals surface area contributed by atoms with Crippen molar-refractivity contribution < 1.29 is 5.11 Å². The first-order chi connectivity index (χ1) is 7.84. The van der Waals surface area contributed by atoms with Crippen LogP contribution in [-0.4, -0.2) is 10.1 Å². The summed E-state index contributed by atoms with van der Waals surface area (Å²) in [6.45, 7) is 0. The van der Waals surface area contributed by atoms with Crippen molar-refractivity contribution in [1.29, 1.82) is 0 Å². The molecule has 0 aliphatic rings. The maximum atomic E-state index is 9.71. The van der Waals surface area contributed by atoms with Gasteiger partial charge in [0, 0.05) is 16.6 Å². The molecule has 0 aliphatic carbocycles. The Labute approximate surface area is 93.2 Å². The standard InChI is InChI=1S/C14H11NO/c16-14-8-4-7-12-11(14)9-13(15-12)10-5-2-1-3-6-10/h1-9,15-16H. The number of rotatable bonds is 1. The number of fused-ring (bicyclic) bond motifs is 1. The van der Waals surface area contributed by atoms with Crippen LogP contribution in [0.5, 0.6) is 5.75 Å². The van der Waals surface area contributed by atoms with Gasteiger partial charge in [-0.05, 0) is 23.8 Å². The van der Waals surface area contributed by atoms with Gasteiger partial charge in [-0.3, -0.25) is 0 Å². The van der Waals surface area contributed by atoms with E-state index >= 15 is 0 Å². The molecule has 3 aromatic rings. The van der Waals surface area contributed by atoms with E-state index < -0.39 is 0 Å². The van der Waals surface area contributed by atoms with E-state index in [4.69, 9.17) is 0 Å². The third-order valence-electron chi connectivity index (χ3n) is 2.73. The molecule has 0 bridgehead atoms. The van der Waals surface area contributed by atoms with Crippen molar-refractivity contribution in [2.45, 2.75) is 0 Å². The molecule has 0 spiro atoms. The summed E-state index contributed by atoms with van der Waals surface area (Å²) < 4.78 is 0. The molecule has 0 amide bonds. The molecule has 0 unspecified atom stereocenters. The SMILES string of the molecule is Oc1cccc2[nH]c(-c3ccccc3)cc12. The third-order valence-corrected chi connectivity index (χ3v) is 2.73. The van der Waals surface area contributed by atoms with Gasteiger partial charge in [0.25, 0.3) is 0 Å². The predicted molar refractivity (Wildman–Crippen MR) is 65.4 cm³/mol. The van der Waals surface area contributed by atoms with E-state index in [1.807, 2.05) is 48.5 Å². The smallest absolute Gasteiger partial charge is 0.124 e. The largest absolute Gasteiger partial charge is 0.507 e. The number of phenols is 1. The second-order valence-corrected chi connectivity index (χ2v) is 3.79. The zero-order chi connectivity index (χ0) is 11.0. The Morgan fingerprint density at radius 1 is 0.875 bits per heavy atom. The quantitative estimate of drug-likeness (QED) is 0.631. The number of benzene rings is 2. The molecular weight excluding hydrogens is 198 g/mol. The Bertz CT molecular complexity index is 626. The molecule has 0 radical (unpaired) electrons. The average molecular weight is 209 g/mol. The van der Waals surface area contributed by atoms with Crippen LogP contribution < -0.4 is 0 Å². The van der Waals surface area contributed by atoms with Gasteiger partial charge >= 0.3 is 0 Å². The highest BCUT2D eigenvalue weighted by atomic mass is 16.3. The fourth-order valence-electron chi connectivity index (χ4n) is 1.91. The minimum Gasteiger partial charge on any atom is -0.507 e. The lowest BCUT2D eigenvalue weighted by molar-refractivity contribution is 0.482. The number of hydrogen-bond acceptors (Lipinski definition) is 1. The van der Waals surface area contributed by atoms with Gasteiger partial charge in [-0.1, -0.05) is 36.4 Å². The van der Waals surface area contributed by atoms with E-state index in [1.165, 1.54) is 0 Å². The van der Waals surface area contributed by atoms with E-state index in [-0.39, 0.29) is 0 Å². The molecule has 0 fully saturated rings. The van der Waals surface area contributed by atoms with Gasteiger partial charge in [0.2, 0.25) is 0 Å². The van der Waals surface area contributed by atoms with Crippen LogP contribution in [-0.2, 0) is 0 Å². The molecule has 3 rings (SSSR count). The van der Waals surface area contributed by atoms with Crippen molar-refractivity contribution in [2.24, 2.45) is 0 Å². The highest BCUT2D eigenvalue weighted by Gasteiger charge is 2.05. The number of hydrogen-bond donors (Lipinski definition) is 2. The van der Waals surface area contributed by atoms with E-state index in [0.29, 0.717) is 5.75 Å². The summed E-state index contributed by atoms with van der Waals surface area (Å²) in [6, 6.07) is 17.5. The van der Waals surface area contributed by atoms with Crippen molar-refractivity contribution in [3.63, 3.8) is 0 Å². The maximum absolute atomic E-state index is 9.71. The summed E-state index contributed by atoms with van der Waals surface area (Å²) in [5.41, 5.74) is 3.11. The van der Waals surface area contributed by atoms with Crippen molar-refractivity contribution in [3.05, 3.63) is 54.6 Å². The first-order valence-corrected chi connectivity index (χ1v) is 5.21. The van der Waals surface area contributed by atoms with E-state index in [2.05, 4.69) is 4.98 Å². The molecule has 0 atom stereocenters. The topological polar surface area (TPSA) is 36.0 Å². The van der Waals surface area contributed by atoms with Crippen LogP contribution in [0.1, 0.15) is 0 Å². The summed E-state index contributed by atoms with van der Waals surface area (Å²) in [5, 5.41) is 10.6. The molecule has 0 aliphatic heterocycles. The minimum absolute atomic E-state index is 0.316. The van der Waals surface area contributed by atoms with Crippen LogP contribution >= 0.6 is 0 Å². The number of phenolic OH excluding ortho intramolecular Hbond substituents is 1. The third kappa shape index (κ3) is 1.36. The maximum Gasteiger partial charge on any atom is 0.124 e. The Morgan fingerprint density at radius 3 is 2.44 bits per heavy atom. The summed E-state index contributed by atoms with van der Waals surface area (Å²) in [5.74, 6) is 0.316. The monoisotopic (exact) mass is 209 g/mol. The number of nitrogens with one attached hydrogen (secondary N) is 1. The Balaban J connectivity index is 2.23. The van der Waals surface area contributed by atoms with Crippen LogP contribution in [0.15, 0.2) is 54.6 Å². The first-order valence-electron chi connectivity index (χ1n) is 5.21. The molecule has 78 valence electrons. The average Bonchev–Trinajstić information content (AvgIpc) is 2.76. The van der Waals surface area contributed by atoms with Gasteiger partial charge in [-0.15, -0.1) is 0 Å². The van der Waals surface area contributed by atoms with Crippen LogP contribution in [0.2, 0.25) is 0 Å². The zero-order valence-corrected chi connectivity index (χ0v) is 8.64. The van der Waals surface area contributed by atoms with E-state index in [0.717, 1.165) is 22.2 Å². The second-order valence-electron chi connectivity index (χ2n) is 3.79. The van der Waals surface area contributed by atoms with Crippen molar-refractivity contribution in [2.75, 3.05) is 0 Å². The molecule has 2 N–H and O–H groups in total. The van der Waals surface area contributed by atoms with E-state index in [9.17, 15) is 5.11 Å².